The smallest absolute Gasteiger partial charge is 0.300 e. The van der Waals surface area contributed by atoms with E-state index in [0.29, 0.717) is 5.69 Å². The van der Waals surface area contributed by atoms with Crippen LogP contribution in [0.1, 0.15) is 19.5 Å². The molecule has 0 fully saturated rings. The highest BCUT2D eigenvalue weighted by atomic mass is 35.7. The van der Waals surface area contributed by atoms with Gasteiger partial charge in [0.25, 0.3) is 14.6 Å². The zero-order chi connectivity index (χ0) is 26.5. The summed E-state index contributed by atoms with van der Waals surface area (Å²) in [6.45, 7) is 3.13. The van der Waals surface area contributed by atoms with Crippen LogP contribution in [0.3, 0.4) is 0 Å². The Kier molecular flexibility index (Phi) is 8.49. The first kappa shape index (κ1) is 26.9. The van der Waals surface area contributed by atoms with E-state index >= 15 is 0 Å². The fourth-order valence-electron chi connectivity index (χ4n) is 2.90. The second kappa shape index (κ2) is 11.4. The van der Waals surface area contributed by atoms with Crippen molar-refractivity contribution in [1.29, 1.82) is 5.26 Å². The lowest BCUT2D eigenvalue weighted by molar-refractivity contribution is -0.0434. The van der Waals surface area contributed by atoms with Crippen molar-refractivity contribution in [1.82, 2.24) is 9.78 Å². The van der Waals surface area contributed by atoms with E-state index in [4.69, 9.17) is 29.6 Å². The van der Waals surface area contributed by atoms with Crippen molar-refractivity contribution < 1.29 is 27.4 Å². The standard InChI is InChI=1S/C22H22ClN5O7S/c1-13(32-3)34-18-11-19(35-14(2)33-4)20(36(23,30)31)10-16(18)25-26-21-17(12-24)27-28(22(21)29)15-8-6-5-7-9-15/h5-11,13-14,27H,1-4H3. The normalized spacial score (nSPS) is 13.3. The summed E-state index contributed by atoms with van der Waals surface area (Å²) in [5, 5.41) is 20.1. The molecule has 1 N–H and O–H groups in total. The SMILES string of the molecule is COC(C)Oc1cc(OC(C)OC)c(S(=O)(=O)Cl)cc1N=Nc1c(C#N)[nH]n(-c2ccccc2)c1=O. The number of nitrogens with one attached hydrogen (secondary N) is 1. The van der Waals surface area contributed by atoms with E-state index in [9.17, 15) is 18.5 Å². The number of nitriles is 1. The molecule has 190 valence electrons. The van der Waals surface area contributed by atoms with Gasteiger partial charge < -0.3 is 18.9 Å². The van der Waals surface area contributed by atoms with Crippen LogP contribution < -0.4 is 15.0 Å². The number of halogens is 1. The molecule has 2 unspecified atom stereocenters. The number of nitrogens with zero attached hydrogens (tertiary/aromatic N) is 4. The first-order valence-corrected chi connectivity index (χ1v) is 12.6. The molecule has 0 aliphatic carbocycles. The summed E-state index contributed by atoms with van der Waals surface area (Å²) in [6.07, 6.45) is -1.60. The Morgan fingerprint density at radius 1 is 1.03 bits per heavy atom. The van der Waals surface area contributed by atoms with Crippen LogP contribution in [0.15, 0.2) is 62.4 Å². The molecule has 1 heterocycles. The molecule has 0 bridgehead atoms. The number of para-hydroxylation sites is 1. The lowest BCUT2D eigenvalue weighted by Crippen LogP contribution is -2.16. The maximum atomic E-state index is 12.9. The highest BCUT2D eigenvalue weighted by Gasteiger charge is 2.24. The molecule has 0 spiro atoms. The molecular formula is C22H22ClN5O7S. The lowest BCUT2D eigenvalue weighted by atomic mass is 10.2. The minimum absolute atomic E-state index is 0.00731. The molecule has 0 aliphatic heterocycles. The number of hydrogen-bond acceptors (Lipinski definition) is 10. The average Bonchev–Trinajstić information content (AvgIpc) is 3.18. The maximum Gasteiger partial charge on any atom is 0.300 e. The minimum Gasteiger partial charge on any atom is -0.464 e. The Bertz CT molecular complexity index is 1460. The zero-order valence-electron chi connectivity index (χ0n) is 19.6. The van der Waals surface area contributed by atoms with E-state index in [1.54, 1.807) is 44.2 Å². The lowest BCUT2D eigenvalue weighted by Gasteiger charge is -2.19. The number of benzene rings is 2. The van der Waals surface area contributed by atoms with Gasteiger partial charge in [0, 0.05) is 31.0 Å². The Balaban J connectivity index is 2.17. The van der Waals surface area contributed by atoms with E-state index in [2.05, 4.69) is 15.3 Å². The monoisotopic (exact) mass is 535 g/mol. The average molecular weight is 536 g/mol. The number of hydrogen-bond donors (Lipinski definition) is 1. The fraction of sp³-hybridized carbons (Fsp3) is 0.273. The largest absolute Gasteiger partial charge is 0.464 e. The Morgan fingerprint density at radius 3 is 2.19 bits per heavy atom. The van der Waals surface area contributed by atoms with E-state index in [-0.39, 0.29) is 28.6 Å². The third-order valence-electron chi connectivity index (χ3n) is 4.79. The van der Waals surface area contributed by atoms with Crippen molar-refractivity contribution in [2.45, 2.75) is 31.3 Å². The predicted molar refractivity (Wildman–Crippen MR) is 129 cm³/mol. The molecule has 36 heavy (non-hydrogen) atoms. The molecule has 0 saturated carbocycles. The van der Waals surface area contributed by atoms with Crippen molar-refractivity contribution in [2.24, 2.45) is 10.2 Å². The van der Waals surface area contributed by atoms with Crippen LogP contribution in [0, 0.1) is 11.3 Å². The summed E-state index contributed by atoms with van der Waals surface area (Å²) in [5.41, 5.74) is -0.739. The predicted octanol–water partition coefficient (Wildman–Crippen LogP) is 4.12. The molecule has 0 radical (unpaired) electrons. The molecule has 0 saturated heterocycles. The van der Waals surface area contributed by atoms with Crippen LogP contribution in [-0.2, 0) is 18.5 Å². The number of methoxy groups -OCH3 is 2. The van der Waals surface area contributed by atoms with Crippen molar-refractivity contribution in [3.05, 3.63) is 58.5 Å². The number of aromatic nitrogens is 2. The topological polar surface area (TPSA) is 157 Å². The molecule has 2 aromatic carbocycles. The van der Waals surface area contributed by atoms with Gasteiger partial charge in [-0.15, -0.1) is 10.2 Å². The fourth-order valence-corrected chi connectivity index (χ4v) is 3.86. The van der Waals surface area contributed by atoms with E-state index in [1.807, 2.05) is 6.07 Å². The minimum atomic E-state index is -4.32. The molecule has 0 aliphatic rings. The number of azo groups is 1. The van der Waals surface area contributed by atoms with E-state index < -0.39 is 32.1 Å². The quantitative estimate of drug-likeness (QED) is 0.230. The molecule has 3 rings (SSSR count). The van der Waals surface area contributed by atoms with Crippen molar-refractivity contribution in [2.75, 3.05) is 14.2 Å². The second-order valence-electron chi connectivity index (χ2n) is 7.17. The van der Waals surface area contributed by atoms with E-state index in [0.717, 1.165) is 10.7 Å². The first-order chi connectivity index (χ1) is 17.1. The number of rotatable bonds is 10. The molecule has 1 aromatic heterocycles. The van der Waals surface area contributed by atoms with Gasteiger partial charge in [-0.1, -0.05) is 18.2 Å². The van der Waals surface area contributed by atoms with Crippen LogP contribution in [-0.4, -0.2) is 45.0 Å². The Labute approximate surface area is 211 Å². The van der Waals surface area contributed by atoms with Crippen LogP contribution in [0.25, 0.3) is 5.69 Å². The maximum absolute atomic E-state index is 12.9. The summed E-state index contributed by atoms with van der Waals surface area (Å²) in [5.74, 6) is -0.157. The summed E-state index contributed by atoms with van der Waals surface area (Å²) in [4.78, 5) is 12.5. The summed E-state index contributed by atoms with van der Waals surface area (Å²) >= 11 is 0. The van der Waals surface area contributed by atoms with Crippen LogP contribution in [0.5, 0.6) is 11.5 Å². The third kappa shape index (κ3) is 6.10. The Hall–Kier alpha value is -3.70. The van der Waals surface area contributed by atoms with E-state index in [1.165, 1.54) is 20.3 Å². The van der Waals surface area contributed by atoms with Crippen LogP contribution in [0.2, 0.25) is 0 Å². The third-order valence-corrected chi connectivity index (χ3v) is 6.13. The first-order valence-electron chi connectivity index (χ1n) is 10.3. The van der Waals surface area contributed by atoms with Gasteiger partial charge in [-0.25, -0.2) is 13.1 Å². The Morgan fingerprint density at radius 2 is 1.64 bits per heavy atom. The molecule has 3 aromatic rings. The van der Waals surface area contributed by atoms with Crippen LogP contribution >= 0.6 is 10.7 Å². The summed E-state index contributed by atoms with van der Waals surface area (Å²) < 4.78 is 47.0. The molecule has 12 nitrogen and oxygen atoms in total. The van der Waals surface area contributed by atoms with Gasteiger partial charge in [0.05, 0.1) is 5.69 Å². The van der Waals surface area contributed by atoms with Crippen molar-refractivity contribution in [3.63, 3.8) is 0 Å². The molecule has 14 heteroatoms. The van der Waals surface area contributed by atoms with Gasteiger partial charge in [-0.3, -0.25) is 9.89 Å². The van der Waals surface area contributed by atoms with Gasteiger partial charge >= 0.3 is 0 Å². The number of H-pyrrole nitrogens is 1. The van der Waals surface area contributed by atoms with Gasteiger partial charge in [0.1, 0.15) is 22.4 Å². The van der Waals surface area contributed by atoms with Crippen molar-refractivity contribution >= 4 is 31.1 Å². The number of aromatic amines is 1. The van der Waals surface area contributed by atoms with Crippen LogP contribution in [0.4, 0.5) is 11.4 Å². The summed E-state index contributed by atoms with van der Waals surface area (Å²) in [7, 11) is 4.08. The molecule has 2 atom stereocenters. The van der Waals surface area contributed by atoms with Gasteiger partial charge in [-0.05, 0) is 32.0 Å². The second-order valence-corrected chi connectivity index (χ2v) is 9.70. The number of ether oxygens (including phenoxy) is 4. The van der Waals surface area contributed by atoms with Gasteiger partial charge in [0.15, 0.2) is 29.7 Å². The van der Waals surface area contributed by atoms with Gasteiger partial charge in [-0.2, -0.15) is 5.26 Å². The molecular weight excluding hydrogens is 514 g/mol. The zero-order valence-corrected chi connectivity index (χ0v) is 21.2. The van der Waals surface area contributed by atoms with Crippen molar-refractivity contribution in [3.8, 4) is 23.3 Å². The molecule has 0 amide bonds. The van der Waals surface area contributed by atoms with Gasteiger partial charge in [0.2, 0.25) is 0 Å². The summed E-state index contributed by atoms with van der Waals surface area (Å²) in [6, 6.07) is 12.7. The highest BCUT2D eigenvalue weighted by molar-refractivity contribution is 8.13. The highest BCUT2D eigenvalue weighted by Crippen LogP contribution is 2.40.